The normalized spacial score (nSPS) is 13.0. The average molecular weight is 901 g/mol. The number of ether oxygens (including phenoxy) is 3. The summed E-state index contributed by atoms with van der Waals surface area (Å²) < 4.78 is 16.7. The van der Waals surface area contributed by atoms with E-state index in [2.05, 4.69) is 93.7 Å². The Hall–Kier alpha value is -3.93. The first-order chi connectivity index (χ1) is 32.0. The average Bonchev–Trinajstić information content (AvgIpc) is 3.30. The SMILES string of the molecule is CC/C=C/C=C/C=C/C=C/CCCCCC(=O)OCC(COC(=O)CCCCCCC/C=C/CCCCCCCCCCC)OC(=O)CCCCC/C=C/C/C=C/C/C=C/C/C=C/CC. The molecule has 0 aromatic carbocycles. The molecule has 0 fully saturated rings. The maximum atomic E-state index is 12.8. The van der Waals surface area contributed by atoms with Crippen molar-refractivity contribution in [2.75, 3.05) is 13.2 Å². The molecule has 0 aromatic heterocycles. The molecule has 0 saturated carbocycles. The lowest BCUT2D eigenvalue weighted by atomic mass is 10.1. The Balaban J connectivity index is 4.50. The molecule has 0 aliphatic carbocycles. The van der Waals surface area contributed by atoms with Gasteiger partial charge in [-0.15, -0.1) is 0 Å². The van der Waals surface area contributed by atoms with Gasteiger partial charge in [0.25, 0.3) is 0 Å². The number of hydrogen-bond acceptors (Lipinski definition) is 6. The number of carbonyl (C=O) groups is 3. The van der Waals surface area contributed by atoms with Crippen molar-refractivity contribution in [2.45, 2.75) is 232 Å². The first-order valence-corrected chi connectivity index (χ1v) is 26.4. The zero-order valence-electron chi connectivity index (χ0n) is 42.0. The molecule has 0 bridgehead atoms. The second-order valence-corrected chi connectivity index (χ2v) is 17.1. The summed E-state index contributed by atoms with van der Waals surface area (Å²) in [4.78, 5) is 38.0. The minimum atomic E-state index is -0.816. The van der Waals surface area contributed by atoms with Crippen LogP contribution in [0.25, 0.3) is 0 Å². The van der Waals surface area contributed by atoms with Gasteiger partial charge in [0.05, 0.1) is 0 Å². The van der Waals surface area contributed by atoms with E-state index in [1.165, 1.54) is 70.6 Å². The highest BCUT2D eigenvalue weighted by Gasteiger charge is 2.19. The standard InChI is InChI=1S/C59H96O6/c1-4-7-10-13-16-19-22-25-27-29-30-32-34-37-40-43-46-49-52-58(61)64-55-56(54-63-57(60)51-48-45-42-39-36-33-24-21-18-15-12-9-6-3)65-59(62)53-50-47-44-41-38-35-31-28-26-23-20-17-14-11-8-5-2/h8-9,11-12,15,17-18,20-21,24,26,28,30,32-33,35-36,38,56H,4-7,10,13-14,16,19,22-23,25,27,29,31,34,37,39-55H2,1-3H3/b11-8+,12-9+,18-15+,20-17+,24-21+,28-26+,32-30+,36-33+,38-35+. The molecule has 0 rings (SSSR count). The van der Waals surface area contributed by atoms with Crippen LogP contribution in [0.1, 0.15) is 226 Å². The van der Waals surface area contributed by atoms with Crippen LogP contribution in [-0.4, -0.2) is 37.2 Å². The molecule has 6 heteroatoms. The Bertz CT molecular complexity index is 1360. The van der Waals surface area contributed by atoms with E-state index >= 15 is 0 Å². The molecule has 0 amide bonds. The Morgan fingerprint density at radius 3 is 1.15 bits per heavy atom. The first-order valence-electron chi connectivity index (χ1n) is 26.4. The van der Waals surface area contributed by atoms with Crippen LogP contribution in [0.3, 0.4) is 0 Å². The van der Waals surface area contributed by atoms with Gasteiger partial charge in [0.1, 0.15) is 13.2 Å². The Labute approximate surface area is 400 Å². The molecular formula is C59H96O6. The predicted molar refractivity (Wildman–Crippen MR) is 279 cm³/mol. The maximum absolute atomic E-state index is 12.8. The van der Waals surface area contributed by atoms with E-state index in [1.54, 1.807) is 0 Å². The lowest BCUT2D eigenvalue weighted by Crippen LogP contribution is -2.30. The van der Waals surface area contributed by atoms with Gasteiger partial charge in [0.15, 0.2) is 6.10 Å². The number of unbranched alkanes of at least 4 members (excludes halogenated alkanes) is 20. The fourth-order valence-electron chi connectivity index (χ4n) is 6.91. The van der Waals surface area contributed by atoms with E-state index in [9.17, 15) is 14.4 Å². The highest BCUT2D eigenvalue weighted by atomic mass is 16.6. The summed E-state index contributed by atoms with van der Waals surface area (Å²) in [6.45, 7) is 6.31. The Morgan fingerprint density at radius 2 is 0.677 bits per heavy atom. The number of hydrogen-bond donors (Lipinski definition) is 0. The molecule has 0 aliphatic rings. The van der Waals surface area contributed by atoms with Crippen molar-refractivity contribution in [2.24, 2.45) is 0 Å². The third kappa shape index (κ3) is 50.9. The summed E-state index contributed by atoms with van der Waals surface area (Å²) >= 11 is 0. The van der Waals surface area contributed by atoms with Gasteiger partial charge >= 0.3 is 17.9 Å². The van der Waals surface area contributed by atoms with E-state index in [0.717, 1.165) is 109 Å². The molecular weight excluding hydrogens is 805 g/mol. The van der Waals surface area contributed by atoms with Crippen LogP contribution in [0.4, 0.5) is 0 Å². The Morgan fingerprint density at radius 1 is 0.338 bits per heavy atom. The molecule has 0 heterocycles. The van der Waals surface area contributed by atoms with E-state index in [1.807, 2.05) is 36.5 Å². The molecule has 0 aliphatic heterocycles. The van der Waals surface area contributed by atoms with Gasteiger partial charge in [-0.3, -0.25) is 14.4 Å². The largest absolute Gasteiger partial charge is 0.462 e. The summed E-state index contributed by atoms with van der Waals surface area (Å²) in [5, 5.41) is 0. The number of rotatable bonds is 46. The second kappa shape index (κ2) is 52.7. The third-order valence-electron chi connectivity index (χ3n) is 10.8. The molecule has 1 atom stereocenters. The summed E-state index contributed by atoms with van der Waals surface area (Å²) in [6, 6.07) is 0. The van der Waals surface area contributed by atoms with E-state index in [-0.39, 0.29) is 37.5 Å². The van der Waals surface area contributed by atoms with Crippen molar-refractivity contribution in [3.63, 3.8) is 0 Å². The second-order valence-electron chi connectivity index (χ2n) is 17.1. The lowest BCUT2D eigenvalue weighted by molar-refractivity contribution is -0.167. The monoisotopic (exact) mass is 901 g/mol. The van der Waals surface area contributed by atoms with E-state index in [4.69, 9.17) is 14.2 Å². The fraction of sp³-hybridized carbons (Fsp3) is 0.644. The minimum Gasteiger partial charge on any atom is -0.462 e. The lowest BCUT2D eigenvalue weighted by Gasteiger charge is -2.18. The minimum absolute atomic E-state index is 0.110. The quantitative estimate of drug-likeness (QED) is 0.0199. The van der Waals surface area contributed by atoms with E-state index < -0.39 is 6.10 Å². The van der Waals surface area contributed by atoms with Gasteiger partial charge in [-0.2, -0.15) is 0 Å². The van der Waals surface area contributed by atoms with Crippen molar-refractivity contribution in [1.29, 1.82) is 0 Å². The van der Waals surface area contributed by atoms with E-state index in [0.29, 0.717) is 19.3 Å². The molecule has 0 aromatic rings. The third-order valence-corrected chi connectivity index (χ3v) is 10.8. The molecule has 1 unspecified atom stereocenters. The number of esters is 3. The Kier molecular flexibility index (Phi) is 49.5. The fourth-order valence-corrected chi connectivity index (χ4v) is 6.91. The molecule has 0 spiro atoms. The van der Waals surface area contributed by atoms with Crippen LogP contribution in [-0.2, 0) is 28.6 Å². The van der Waals surface area contributed by atoms with Gasteiger partial charge in [-0.25, -0.2) is 0 Å². The summed E-state index contributed by atoms with van der Waals surface area (Å²) in [7, 11) is 0. The van der Waals surface area contributed by atoms with Gasteiger partial charge in [0.2, 0.25) is 0 Å². The zero-order chi connectivity index (χ0) is 47.2. The summed E-state index contributed by atoms with van der Waals surface area (Å²) in [6.07, 6.45) is 70.8. The zero-order valence-corrected chi connectivity index (χ0v) is 42.0. The molecule has 0 N–H and O–H groups in total. The molecule has 6 nitrogen and oxygen atoms in total. The topological polar surface area (TPSA) is 78.9 Å². The first kappa shape index (κ1) is 61.1. The summed E-state index contributed by atoms with van der Waals surface area (Å²) in [5.41, 5.74) is 0. The van der Waals surface area contributed by atoms with Crippen molar-refractivity contribution < 1.29 is 28.6 Å². The van der Waals surface area contributed by atoms with Gasteiger partial charge in [-0.1, -0.05) is 214 Å². The van der Waals surface area contributed by atoms with Gasteiger partial charge in [-0.05, 0) is 103 Å². The number of allylic oxidation sites excluding steroid dienone is 18. The molecule has 0 radical (unpaired) electrons. The highest BCUT2D eigenvalue weighted by molar-refractivity contribution is 5.71. The maximum Gasteiger partial charge on any atom is 0.306 e. The predicted octanol–water partition coefficient (Wildman–Crippen LogP) is 17.5. The summed E-state index contributed by atoms with van der Waals surface area (Å²) in [5.74, 6) is -0.994. The smallest absolute Gasteiger partial charge is 0.306 e. The van der Waals surface area contributed by atoms with Crippen LogP contribution in [0, 0.1) is 0 Å². The van der Waals surface area contributed by atoms with Crippen molar-refractivity contribution in [3.05, 3.63) is 109 Å². The van der Waals surface area contributed by atoms with Crippen LogP contribution in [0.2, 0.25) is 0 Å². The van der Waals surface area contributed by atoms with Crippen molar-refractivity contribution in [3.8, 4) is 0 Å². The van der Waals surface area contributed by atoms with Crippen LogP contribution >= 0.6 is 0 Å². The van der Waals surface area contributed by atoms with Crippen molar-refractivity contribution in [1.82, 2.24) is 0 Å². The van der Waals surface area contributed by atoms with Crippen LogP contribution in [0.5, 0.6) is 0 Å². The van der Waals surface area contributed by atoms with Crippen LogP contribution in [0.15, 0.2) is 109 Å². The highest BCUT2D eigenvalue weighted by Crippen LogP contribution is 2.13. The molecule has 0 saturated heterocycles. The van der Waals surface area contributed by atoms with Gasteiger partial charge < -0.3 is 14.2 Å². The van der Waals surface area contributed by atoms with Crippen molar-refractivity contribution >= 4 is 17.9 Å². The van der Waals surface area contributed by atoms with Gasteiger partial charge in [0, 0.05) is 19.3 Å². The molecule has 368 valence electrons. The van der Waals surface area contributed by atoms with Crippen LogP contribution < -0.4 is 0 Å². The molecule has 65 heavy (non-hydrogen) atoms. The number of carbonyl (C=O) groups excluding carboxylic acids is 3.